The number of esters is 1. The number of nitrogen functional groups attached to an aromatic ring is 1. The monoisotopic (exact) mass is 286 g/mol. The molecule has 0 atom stereocenters. The molecule has 20 heavy (non-hydrogen) atoms. The van der Waals surface area contributed by atoms with Crippen LogP contribution in [0.5, 0.6) is 0 Å². The predicted octanol–water partition coefficient (Wildman–Crippen LogP) is 2.12. The van der Waals surface area contributed by atoms with Gasteiger partial charge in [-0.1, -0.05) is 6.07 Å². The first kappa shape index (κ1) is 12.5. The van der Waals surface area contributed by atoms with Gasteiger partial charge in [0.25, 0.3) is 0 Å². The molecule has 0 unspecified atom stereocenters. The normalized spacial score (nSPS) is 10.7. The molecule has 3 aromatic heterocycles. The number of pyridine rings is 1. The highest BCUT2D eigenvalue weighted by molar-refractivity contribution is 7.21. The number of thiophene rings is 1. The third-order valence-electron chi connectivity index (χ3n) is 2.68. The number of carbonyl (C=O) groups is 1. The van der Waals surface area contributed by atoms with E-state index in [1.54, 1.807) is 18.3 Å². The fourth-order valence-electron chi connectivity index (χ4n) is 1.76. The summed E-state index contributed by atoms with van der Waals surface area (Å²) in [5.41, 5.74) is 7.17. The Bertz CT molecular complexity index is 786. The van der Waals surface area contributed by atoms with Crippen molar-refractivity contribution in [2.45, 2.75) is 0 Å². The zero-order valence-electron chi connectivity index (χ0n) is 10.5. The highest BCUT2D eigenvalue weighted by Crippen LogP contribution is 2.30. The molecule has 0 saturated heterocycles. The number of hydrogen-bond donors (Lipinski definition) is 1. The topological polar surface area (TPSA) is 91.0 Å². The van der Waals surface area contributed by atoms with Gasteiger partial charge in [0.2, 0.25) is 0 Å². The second-order valence-electron chi connectivity index (χ2n) is 3.96. The number of carbonyl (C=O) groups excluding carboxylic acids is 1. The second kappa shape index (κ2) is 4.86. The Morgan fingerprint density at radius 1 is 1.35 bits per heavy atom. The van der Waals surface area contributed by atoms with E-state index in [-0.39, 0.29) is 0 Å². The fourth-order valence-corrected chi connectivity index (χ4v) is 2.68. The minimum Gasteiger partial charge on any atom is -0.465 e. The number of hydrogen-bond acceptors (Lipinski definition) is 7. The number of aromatic nitrogens is 3. The smallest absolute Gasteiger partial charge is 0.348 e. The van der Waals surface area contributed by atoms with E-state index in [1.807, 2.05) is 12.1 Å². The number of fused-ring (bicyclic) bond motifs is 1. The number of methoxy groups -OCH3 is 1. The van der Waals surface area contributed by atoms with Gasteiger partial charge in [0, 0.05) is 6.20 Å². The van der Waals surface area contributed by atoms with Gasteiger partial charge in [0.15, 0.2) is 5.82 Å². The molecule has 0 bridgehead atoms. The molecule has 3 rings (SSSR count). The van der Waals surface area contributed by atoms with E-state index in [9.17, 15) is 4.79 Å². The zero-order valence-corrected chi connectivity index (χ0v) is 11.3. The van der Waals surface area contributed by atoms with Gasteiger partial charge in [0.05, 0.1) is 17.3 Å². The summed E-state index contributed by atoms with van der Waals surface area (Å²) in [4.78, 5) is 24.8. The van der Waals surface area contributed by atoms with Gasteiger partial charge in [-0.3, -0.25) is 4.98 Å². The highest BCUT2D eigenvalue weighted by Gasteiger charge is 2.15. The third-order valence-corrected chi connectivity index (χ3v) is 3.81. The van der Waals surface area contributed by atoms with Crippen LogP contribution in [0.25, 0.3) is 21.7 Å². The first-order chi connectivity index (χ1) is 9.69. The Balaban J connectivity index is 2.17. The molecule has 0 amide bonds. The first-order valence-electron chi connectivity index (χ1n) is 5.76. The van der Waals surface area contributed by atoms with Crippen LogP contribution >= 0.6 is 11.3 Å². The van der Waals surface area contributed by atoms with Crippen LogP contribution in [0.1, 0.15) is 9.67 Å². The van der Waals surface area contributed by atoms with Crippen LogP contribution < -0.4 is 5.73 Å². The van der Waals surface area contributed by atoms with Crippen LogP contribution in [-0.4, -0.2) is 28.0 Å². The standard InChI is InChI=1S/C13H10N4O2S/c1-19-13(18)9-6-8-10(20-9)11(14)17-12(16-8)7-4-2-3-5-15-7/h2-6H,1H3,(H2,14,16,17). The summed E-state index contributed by atoms with van der Waals surface area (Å²) in [5.74, 6) is 0.354. The predicted molar refractivity (Wildman–Crippen MR) is 76.4 cm³/mol. The van der Waals surface area contributed by atoms with Gasteiger partial charge in [-0.25, -0.2) is 14.8 Å². The average molecular weight is 286 g/mol. The maximum Gasteiger partial charge on any atom is 0.348 e. The Morgan fingerprint density at radius 3 is 2.90 bits per heavy atom. The molecule has 0 saturated carbocycles. The van der Waals surface area contributed by atoms with Gasteiger partial charge < -0.3 is 10.5 Å². The van der Waals surface area contributed by atoms with Crippen LogP contribution in [0.15, 0.2) is 30.5 Å². The molecule has 3 aromatic rings. The summed E-state index contributed by atoms with van der Waals surface area (Å²) < 4.78 is 5.36. The molecule has 3 heterocycles. The molecule has 0 aromatic carbocycles. The van der Waals surface area contributed by atoms with E-state index in [2.05, 4.69) is 15.0 Å². The van der Waals surface area contributed by atoms with Crippen molar-refractivity contribution in [1.29, 1.82) is 0 Å². The number of ether oxygens (including phenoxy) is 1. The van der Waals surface area contributed by atoms with Crippen molar-refractivity contribution in [2.75, 3.05) is 12.8 Å². The van der Waals surface area contributed by atoms with Crippen molar-refractivity contribution < 1.29 is 9.53 Å². The van der Waals surface area contributed by atoms with Gasteiger partial charge in [-0.05, 0) is 18.2 Å². The molecule has 0 spiro atoms. The molecular weight excluding hydrogens is 276 g/mol. The van der Waals surface area contributed by atoms with Crippen molar-refractivity contribution in [1.82, 2.24) is 15.0 Å². The lowest BCUT2D eigenvalue weighted by Gasteiger charge is -2.00. The minimum absolute atomic E-state index is 0.329. The summed E-state index contributed by atoms with van der Waals surface area (Å²) >= 11 is 1.22. The van der Waals surface area contributed by atoms with E-state index >= 15 is 0 Å². The number of rotatable bonds is 2. The lowest BCUT2D eigenvalue weighted by Crippen LogP contribution is -1.97. The van der Waals surface area contributed by atoms with Gasteiger partial charge >= 0.3 is 5.97 Å². The van der Waals surface area contributed by atoms with Crippen LogP contribution in [0, 0.1) is 0 Å². The third kappa shape index (κ3) is 2.08. The van der Waals surface area contributed by atoms with E-state index in [4.69, 9.17) is 10.5 Å². The molecule has 7 heteroatoms. The summed E-state index contributed by atoms with van der Waals surface area (Å²) in [6, 6.07) is 7.11. The van der Waals surface area contributed by atoms with Gasteiger partial charge in [0.1, 0.15) is 16.4 Å². The van der Waals surface area contributed by atoms with Crippen molar-refractivity contribution >= 4 is 33.3 Å². The Morgan fingerprint density at radius 2 is 2.20 bits per heavy atom. The molecule has 0 aliphatic rings. The highest BCUT2D eigenvalue weighted by atomic mass is 32.1. The molecule has 0 fully saturated rings. The quantitative estimate of drug-likeness (QED) is 0.726. The number of nitrogens with two attached hydrogens (primary N) is 1. The number of anilines is 1. The van der Waals surface area contributed by atoms with Crippen molar-refractivity contribution in [3.8, 4) is 11.5 Å². The summed E-state index contributed by atoms with van der Waals surface area (Å²) in [7, 11) is 1.33. The van der Waals surface area contributed by atoms with Gasteiger partial charge in [-0.2, -0.15) is 0 Å². The van der Waals surface area contributed by atoms with Crippen LogP contribution in [0.4, 0.5) is 5.82 Å². The van der Waals surface area contributed by atoms with Crippen molar-refractivity contribution in [2.24, 2.45) is 0 Å². The lowest BCUT2D eigenvalue weighted by atomic mass is 10.3. The van der Waals surface area contributed by atoms with Crippen LogP contribution in [0.2, 0.25) is 0 Å². The summed E-state index contributed by atoms with van der Waals surface area (Å²) in [5, 5.41) is 0. The fraction of sp³-hybridized carbons (Fsp3) is 0.0769. The summed E-state index contributed by atoms with van der Waals surface area (Å²) in [6.45, 7) is 0. The zero-order chi connectivity index (χ0) is 14.1. The van der Waals surface area contributed by atoms with Crippen LogP contribution in [-0.2, 0) is 4.74 Å². The lowest BCUT2D eigenvalue weighted by molar-refractivity contribution is 0.0606. The molecular formula is C13H10N4O2S. The van der Waals surface area contributed by atoms with Crippen molar-refractivity contribution in [3.63, 3.8) is 0 Å². The summed E-state index contributed by atoms with van der Waals surface area (Å²) in [6.07, 6.45) is 1.66. The molecule has 2 N–H and O–H groups in total. The van der Waals surface area contributed by atoms with Gasteiger partial charge in [-0.15, -0.1) is 11.3 Å². The SMILES string of the molecule is COC(=O)c1cc2nc(-c3ccccn3)nc(N)c2s1. The van der Waals surface area contributed by atoms with E-state index in [0.29, 0.717) is 32.4 Å². The minimum atomic E-state index is -0.410. The molecule has 0 aliphatic heterocycles. The average Bonchev–Trinajstić information content (AvgIpc) is 2.92. The second-order valence-corrected chi connectivity index (χ2v) is 5.02. The Labute approximate surface area is 118 Å². The molecule has 0 aliphatic carbocycles. The van der Waals surface area contributed by atoms with E-state index in [1.165, 1.54) is 18.4 Å². The maximum atomic E-state index is 11.5. The Hall–Kier alpha value is -2.54. The molecule has 6 nitrogen and oxygen atoms in total. The number of nitrogens with zero attached hydrogens (tertiary/aromatic N) is 3. The molecule has 100 valence electrons. The van der Waals surface area contributed by atoms with E-state index in [0.717, 1.165) is 0 Å². The molecule has 0 radical (unpaired) electrons. The Kier molecular flexibility index (Phi) is 3.03. The maximum absolute atomic E-state index is 11.5. The van der Waals surface area contributed by atoms with Crippen LogP contribution in [0.3, 0.4) is 0 Å². The largest absolute Gasteiger partial charge is 0.465 e. The first-order valence-corrected chi connectivity index (χ1v) is 6.57. The van der Waals surface area contributed by atoms with Crippen molar-refractivity contribution in [3.05, 3.63) is 35.3 Å². The van der Waals surface area contributed by atoms with E-state index < -0.39 is 5.97 Å².